The van der Waals surface area contributed by atoms with Gasteiger partial charge in [-0.2, -0.15) is 0 Å². The zero-order chi connectivity index (χ0) is 13.1. The first-order chi connectivity index (χ1) is 8.67. The minimum atomic E-state index is 0.0724. The summed E-state index contributed by atoms with van der Waals surface area (Å²) in [6, 6.07) is 0. The van der Waals surface area contributed by atoms with Crippen molar-refractivity contribution >= 4 is 0 Å². The Hall–Kier alpha value is -0.830. The smallest absolute Gasteiger partial charge is 0.145 e. The minimum absolute atomic E-state index is 0.0724. The van der Waals surface area contributed by atoms with Gasteiger partial charge in [-0.05, 0) is 31.6 Å². The maximum atomic E-state index is 9.62. The summed E-state index contributed by atoms with van der Waals surface area (Å²) in [5, 5.41) is 13.9. The standard InChI is InChI=1S/C15H25NO2/c1-4-5-12(8-10(2)3)14-13(9-17)15(18-16-14)11-6-7-11/h10-12,17H,4-9H2,1-3H3. The van der Waals surface area contributed by atoms with E-state index in [1.807, 2.05) is 0 Å². The van der Waals surface area contributed by atoms with Crippen molar-refractivity contribution in [3.05, 3.63) is 17.0 Å². The summed E-state index contributed by atoms with van der Waals surface area (Å²) in [6.45, 7) is 6.75. The molecule has 0 saturated heterocycles. The van der Waals surface area contributed by atoms with Gasteiger partial charge in [0.15, 0.2) is 0 Å². The van der Waals surface area contributed by atoms with Gasteiger partial charge in [0.05, 0.1) is 12.3 Å². The lowest BCUT2D eigenvalue weighted by Gasteiger charge is -2.17. The van der Waals surface area contributed by atoms with Crippen LogP contribution in [0.25, 0.3) is 0 Å². The highest BCUT2D eigenvalue weighted by Crippen LogP contribution is 2.44. The Labute approximate surface area is 110 Å². The summed E-state index contributed by atoms with van der Waals surface area (Å²) >= 11 is 0. The van der Waals surface area contributed by atoms with Crippen LogP contribution in [0.2, 0.25) is 0 Å². The summed E-state index contributed by atoms with van der Waals surface area (Å²) in [6.07, 6.45) is 5.77. The normalized spacial score (nSPS) is 17.4. The molecule has 1 atom stereocenters. The van der Waals surface area contributed by atoms with Crippen LogP contribution in [0.3, 0.4) is 0 Å². The van der Waals surface area contributed by atoms with E-state index in [2.05, 4.69) is 25.9 Å². The van der Waals surface area contributed by atoms with Crippen LogP contribution in [-0.2, 0) is 6.61 Å². The Balaban J connectivity index is 2.22. The molecule has 1 N–H and O–H groups in total. The molecule has 2 rings (SSSR count). The van der Waals surface area contributed by atoms with Gasteiger partial charge in [-0.25, -0.2) is 0 Å². The van der Waals surface area contributed by atoms with Gasteiger partial charge in [0.2, 0.25) is 0 Å². The van der Waals surface area contributed by atoms with Crippen molar-refractivity contribution in [3.63, 3.8) is 0 Å². The van der Waals surface area contributed by atoms with E-state index in [1.165, 1.54) is 12.8 Å². The first kappa shape index (κ1) is 13.6. The van der Waals surface area contributed by atoms with Gasteiger partial charge in [0.1, 0.15) is 5.76 Å². The molecule has 1 aliphatic rings. The fourth-order valence-electron chi connectivity index (χ4n) is 2.76. The number of hydrogen-bond donors (Lipinski definition) is 1. The van der Waals surface area contributed by atoms with Gasteiger partial charge in [0.25, 0.3) is 0 Å². The largest absolute Gasteiger partial charge is 0.391 e. The molecule has 102 valence electrons. The Morgan fingerprint density at radius 3 is 2.61 bits per heavy atom. The number of aliphatic hydroxyl groups excluding tert-OH is 1. The van der Waals surface area contributed by atoms with Crippen molar-refractivity contribution in [2.75, 3.05) is 0 Å². The molecule has 0 amide bonds. The zero-order valence-corrected chi connectivity index (χ0v) is 11.8. The van der Waals surface area contributed by atoms with Gasteiger partial charge in [0, 0.05) is 17.4 Å². The molecular weight excluding hydrogens is 226 g/mol. The molecule has 18 heavy (non-hydrogen) atoms. The van der Waals surface area contributed by atoms with E-state index in [4.69, 9.17) is 4.52 Å². The van der Waals surface area contributed by atoms with Crippen LogP contribution in [0.15, 0.2) is 4.52 Å². The van der Waals surface area contributed by atoms with E-state index < -0.39 is 0 Å². The Kier molecular flexibility index (Phi) is 4.44. The molecule has 0 aromatic carbocycles. The quantitative estimate of drug-likeness (QED) is 0.797. The van der Waals surface area contributed by atoms with Crippen LogP contribution in [0.1, 0.15) is 81.7 Å². The first-order valence-electron chi connectivity index (χ1n) is 7.26. The maximum Gasteiger partial charge on any atom is 0.145 e. The molecule has 0 bridgehead atoms. The average Bonchev–Trinajstić information content (AvgIpc) is 3.07. The molecule has 0 spiro atoms. The zero-order valence-electron chi connectivity index (χ0n) is 11.8. The molecule has 1 aliphatic carbocycles. The van der Waals surface area contributed by atoms with Crippen molar-refractivity contribution in [1.82, 2.24) is 5.16 Å². The second-order valence-corrected chi connectivity index (χ2v) is 5.96. The summed E-state index contributed by atoms with van der Waals surface area (Å²) in [4.78, 5) is 0. The lowest BCUT2D eigenvalue weighted by atomic mass is 9.88. The van der Waals surface area contributed by atoms with E-state index in [-0.39, 0.29) is 6.61 Å². The Bertz CT molecular complexity index is 380. The van der Waals surface area contributed by atoms with Crippen LogP contribution >= 0.6 is 0 Å². The fourth-order valence-corrected chi connectivity index (χ4v) is 2.76. The summed E-state index contributed by atoms with van der Waals surface area (Å²) in [5.41, 5.74) is 2.01. The molecular formula is C15H25NO2. The molecule has 0 radical (unpaired) electrons. The van der Waals surface area contributed by atoms with Crippen molar-refractivity contribution in [3.8, 4) is 0 Å². The molecule has 1 heterocycles. The second kappa shape index (κ2) is 5.87. The summed E-state index contributed by atoms with van der Waals surface area (Å²) in [7, 11) is 0. The van der Waals surface area contributed by atoms with Crippen LogP contribution < -0.4 is 0 Å². The van der Waals surface area contributed by atoms with Crippen molar-refractivity contribution in [2.24, 2.45) is 5.92 Å². The fraction of sp³-hybridized carbons (Fsp3) is 0.800. The van der Waals surface area contributed by atoms with E-state index in [1.54, 1.807) is 0 Å². The van der Waals surface area contributed by atoms with Gasteiger partial charge >= 0.3 is 0 Å². The van der Waals surface area contributed by atoms with Crippen LogP contribution in [0, 0.1) is 5.92 Å². The summed E-state index contributed by atoms with van der Waals surface area (Å²) in [5.74, 6) is 2.56. The predicted molar refractivity (Wildman–Crippen MR) is 71.5 cm³/mol. The molecule has 3 nitrogen and oxygen atoms in total. The summed E-state index contributed by atoms with van der Waals surface area (Å²) < 4.78 is 5.51. The van der Waals surface area contributed by atoms with Gasteiger partial charge in [-0.15, -0.1) is 0 Å². The van der Waals surface area contributed by atoms with Crippen molar-refractivity contribution in [2.45, 2.75) is 71.3 Å². The third-order valence-electron chi connectivity index (χ3n) is 3.73. The number of hydrogen-bond acceptors (Lipinski definition) is 3. The van der Waals surface area contributed by atoms with Gasteiger partial charge in [-0.3, -0.25) is 0 Å². The van der Waals surface area contributed by atoms with E-state index in [0.717, 1.165) is 36.3 Å². The molecule has 1 saturated carbocycles. The highest BCUT2D eigenvalue weighted by molar-refractivity contribution is 5.30. The third kappa shape index (κ3) is 2.94. The predicted octanol–water partition coefficient (Wildman–Crippen LogP) is 3.97. The van der Waals surface area contributed by atoms with E-state index >= 15 is 0 Å². The SMILES string of the molecule is CCCC(CC(C)C)c1noc(C2CC2)c1CO. The Morgan fingerprint density at radius 2 is 2.11 bits per heavy atom. The maximum absolute atomic E-state index is 9.62. The third-order valence-corrected chi connectivity index (χ3v) is 3.73. The number of aromatic nitrogens is 1. The average molecular weight is 251 g/mol. The van der Waals surface area contributed by atoms with E-state index in [0.29, 0.717) is 17.8 Å². The number of aliphatic hydroxyl groups is 1. The lowest BCUT2D eigenvalue weighted by Crippen LogP contribution is -2.06. The molecule has 3 heteroatoms. The lowest BCUT2D eigenvalue weighted by molar-refractivity contribution is 0.275. The van der Waals surface area contributed by atoms with Gasteiger partial charge < -0.3 is 9.63 Å². The molecule has 1 aromatic heterocycles. The molecule has 1 aromatic rings. The van der Waals surface area contributed by atoms with Crippen molar-refractivity contribution < 1.29 is 9.63 Å². The van der Waals surface area contributed by atoms with E-state index in [9.17, 15) is 5.11 Å². The molecule has 1 unspecified atom stereocenters. The van der Waals surface area contributed by atoms with Crippen LogP contribution in [0.5, 0.6) is 0 Å². The molecule has 0 aliphatic heterocycles. The monoisotopic (exact) mass is 251 g/mol. The number of nitrogens with zero attached hydrogens (tertiary/aromatic N) is 1. The highest BCUT2D eigenvalue weighted by Gasteiger charge is 2.33. The molecule has 1 fully saturated rings. The van der Waals surface area contributed by atoms with Crippen LogP contribution in [0.4, 0.5) is 0 Å². The highest BCUT2D eigenvalue weighted by atomic mass is 16.5. The number of rotatable bonds is 7. The van der Waals surface area contributed by atoms with Gasteiger partial charge in [-0.1, -0.05) is 32.3 Å². The van der Waals surface area contributed by atoms with Crippen molar-refractivity contribution in [1.29, 1.82) is 0 Å². The Morgan fingerprint density at radius 1 is 1.39 bits per heavy atom. The first-order valence-corrected chi connectivity index (χ1v) is 7.26. The second-order valence-electron chi connectivity index (χ2n) is 5.96. The van der Waals surface area contributed by atoms with Crippen LogP contribution in [-0.4, -0.2) is 10.3 Å². The minimum Gasteiger partial charge on any atom is -0.391 e. The topological polar surface area (TPSA) is 46.3 Å².